The summed E-state index contributed by atoms with van der Waals surface area (Å²) in [6, 6.07) is 8.47. The summed E-state index contributed by atoms with van der Waals surface area (Å²) < 4.78 is 0. The maximum Gasteiger partial charge on any atom is 0.263 e. The topological polar surface area (TPSA) is 45.2 Å². The van der Waals surface area contributed by atoms with Crippen LogP contribution in [0.2, 0.25) is 0 Å². The van der Waals surface area contributed by atoms with Gasteiger partial charge in [-0.3, -0.25) is 4.79 Å². The molecule has 0 spiro atoms. The van der Waals surface area contributed by atoms with E-state index < -0.39 is 0 Å². The Labute approximate surface area is 135 Å². The van der Waals surface area contributed by atoms with E-state index in [0.29, 0.717) is 4.88 Å². The predicted molar refractivity (Wildman–Crippen MR) is 90.6 cm³/mol. The number of thiazole rings is 1. The monoisotopic (exact) mass is 315 g/mol. The van der Waals surface area contributed by atoms with Crippen molar-refractivity contribution in [2.75, 3.05) is 18.0 Å². The Morgan fingerprint density at radius 2 is 2.14 bits per heavy atom. The fourth-order valence-electron chi connectivity index (χ4n) is 2.83. The first-order valence-electron chi connectivity index (χ1n) is 7.71. The average molecular weight is 315 g/mol. The quantitative estimate of drug-likeness (QED) is 0.938. The second kappa shape index (κ2) is 6.48. The van der Waals surface area contributed by atoms with Gasteiger partial charge in [-0.1, -0.05) is 12.1 Å². The molecular formula is C17H21N3OS. The highest BCUT2D eigenvalue weighted by molar-refractivity contribution is 7.11. The summed E-state index contributed by atoms with van der Waals surface area (Å²) in [4.78, 5) is 19.5. The standard InChI is InChI=1S/C17H21N3OS/c1-12(19-17(21)16-13(2)18-11-22-16)14-6-5-7-15(10-14)20-8-3-4-9-20/h5-7,10-12H,3-4,8-9H2,1-2H3,(H,19,21)/t12-/m1/s1. The van der Waals surface area contributed by atoms with Gasteiger partial charge in [0.15, 0.2) is 0 Å². The third-order valence-corrected chi connectivity index (χ3v) is 5.07. The molecule has 5 heteroatoms. The molecule has 1 aromatic heterocycles. The van der Waals surface area contributed by atoms with E-state index in [0.717, 1.165) is 24.3 Å². The molecule has 116 valence electrons. The van der Waals surface area contributed by atoms with Gasteiger partial charge in [0.2, 0.25) is 0 Å². The van der Waals surface area contributed by atoms with Crippen molar-refractivity contribution in [2.45, 2.75) is 32.7 Å². The molecule has 1 atom stereocenters. The van der Waals surface area contributed by atoms with E-state index in [1.54, 1.807) is 5.51 Å². The molecule has 3 rings (SSSR count). The lowest BCUT2D eigenvalue weighted by Crippen LogP contribution is -2.26. The van der Waals surface area contributed by atoms with E-state index in [-0.39, 0.29) is 11.9 Å². The van der Waals surface area contributed by atoms with Crippen molar-refractivity contribution in [2.24, 2.45) is 0 Å². The molecule has 1 fully saturated rings. The van der Waals surface area contributed by atoms with Gasteiger partial charge in [-0.05, 0) is 44.4 Å². The van der Waals surface area contributed by atoms with Crippen molar-refractivity contribution in [3.63, 3.8) is 0 Å². The number of hydrogen-bond donors (Lipinski definition) is 1. The Kier molecular flexibility index (Phi) is 4.43. The van der Waals surface area contributed by atoms with Crippen molar-refractivity contribution in [3.05, 3.63) is 45.9 Å². The maximum atomic E-state index is 12.3. The Balaban J connectivity index is 1.72. The van der Waals surface area contributed by atoms with Gasteiger partial charge < -0.3 is 10.2 Å². The van der Waals surface area contributed by atoms with Crippen molar-refractivity contribution in [1.29, 1.82) is 0 Å². The lowest BCUT2D eigenvalue weighted by Gasteiger charge is -2.20. The zero-order valence-electron chi connectivity index (χ0n) is 13.0. The molecule has 1 amide bonds. The van der Waals surface area contributed by atoms with Crippen LogP contribution in [-0.4, -0.2) is 24.0 Å². The van der Waals surface area contributed by atoms with E-state index in [4.69, 9.17) is 0 Å². The van der Waals surface area contributed by atoms with Gasteiger partial charge in [0, 0.05) is 18.8 Å². The molecule has 0 bridgehead atoms. The number of rotatable bonds is 4. The number of carbonyl (C=O) groups excluding carboxylic acids is 1. The lowest BCUT2D eigenvalue weighted by atomic mass is 10.1. The zero-order valence-corrected chi connectivity index (χ0v) is 13.8. The number of carbonyl (C=O) groups is 1. The lowest BCUT2D eigenvalue weighted by molar-refractivity contribution is 0.0943. The van der Waals surface area contributed by atoms with Crippen LogP contribution in [0.1, 0.15) is 46.7 Å². The number of hydrogen-bond acceptors (Lipinski definition) is 4. The van der Waals surface area contributed by atoms with Crippen LogP contribution >= 0.6 is 11.3 Å². The first-order chi connectivity index (χ1) is 10.6. The molecule has 1 saturated heterocycles. The van der Waals surface area contributed by atoms with Gasteiger partial charge in [-0.15, -0.1) is 11.3 Å². The molecule has 0 unspecified atom stereocenters. The third-order valence-electron chi connectivity index (χ3n) is 4.14. The highest BCUT2D eigenvalue weighted by atomic mass is 32.1. The largest absolute Gasteiger partial charge is 0.372 e. The first-order valence-corrected chi connectivity index (χ1v) is 8.59. The van der Waals surface area contributed by atoms with Gasteiger partial charge in [0.05, 0.1) is 17.2 Å². The fraction of sp³-hybridized carbons (Fsp3) is 0.412. The number of anilines is 1. The van der Waals surface area contributed by atoms with Crippen molar-refractivity contribution < 1.29 is 4.79 Å². The predicted octanol–water partition coefficient (Wildman–Crippen LogP) is 3.54. The van der Waals surface area contributed by atoms with Crippen LogP contribution in [0.3, 0.4) is 0 Å². The summed E-state index contributed by atoms with van der Waals surface area (Å²) in [7, 11) is 0. The van der Waals surface area contributed by atoms with Crippen molar-refractivity contribution in [3.8, 4) is 0 Å². The van der Waals surface area contributed by atoms with E-state index in [1.807, 2.05) is 13.8 Å². The summed E-state index contributed by atoms with van der Waals surface area (Å²) in [6.07, 6.45) is 2.53. The molecule has 0 radical (unpaired) electrons. The van der Waals surface area contributed by atoms with Gasteiger partial charge in [0.1, 0.15) is 4.88 Å². The molecule has 4 nitrogen and oxygen atoms in total. The molecule has 1 N–H and O–H groups in total. The van der Waals surface area contributed by atoms with Crippen LogP contribution in [0.4, 0.5) is 5.69 Å². The second-order valence-electron chi connectivity index (χ2n) is 5.75. The van der Waals surface area contributed by atoms with Crippen LogP contribution in [0.25, 0.3) is 0 Å². The normalized spacial score (nSPS) is 15.8. The third kappa shape index (κ3) is 3.14. The van der Waals surface area contributed by atoms with E-state index >= 15 is 0 Å². The minimum absolute atomic E-state index is 0.0171. The molecule has 2 aromatic rings. The van der Waals surface area contributed by atoms with E-state index in [1.165, 1.54) is 29.9 Å². The van der Waals surface area contributed by atoms with E-state index in [9.17, 15) is 4.79 Å². The molecule has 1 aliphatic rings. The zero-order chi connectivity index (χ0) is 15.5. The van der Waals surface area contributed by atoms with Gasteiger partial charge in [-0.2, -0.15) is 0 Å². The number of amides is 1. The first kappa shape index (κ1) is 15.0. The Morgan fingerprint density at radius 1 is 1.36 bits per heavy atom. The number of nitrogens with one attached hydrogen (secondary N) is 1. The Bertz CT molecular complexity index is 661. The minimum atomic E-state index is -0.0425. The number of aromatic nitrogens is 1. The highest BCUT2D eigenvalue weighted by Crippen LogP contribution is 2.24. The molecule has 0 saturated carbocycles. The van der Waals surface area contributed by atoms with Crippen molar-refractivity contribution >= 4 is 22.9 Å². The van der Waals surface area contributed by atoms with Crippen LogP contribution < -0.4 is 10.2 Å². The summed E-state index contributed by atoms with van der Waals surface area (Å²) in [5.41, 5.74) is 4.90. The van der Waals surface area contributed by atoms with Gasteiger partial charge >= 0.3 is 0 Å². The molecule has 1 aliphatic heterocycles. The molecule has 0 aliphatic carbocycles. The number of benzene rings is 1. The maximum absolute atomic E-state index is 12.3. The highest BCUT2D eigenvalue weighted by Gasteiger charge is 2.17. The number of nitrogens with zero attached hydrogens (tertiary/aromatic N) is 2. The fourth-order valence-corrected chi connectivity index (χ4v) is 3.54. The summed E-state index contributed by atoms with van der Waals surface area (Å²) in [5.74, 6) is -0.0425. The van der Waals surface area contributed by atoms with Crippen LogP contribution in [-0.2, 0) is 0 Å². The minimum Gasteiger partial charge on any atom is -0.372 e. The van der Waals surface area contributed by atoms with Crippen LogP contribution in [0, 0.1) is 6.92 Å². The van der Waals surface area contributed by atoms with Gasteiger partial charge in [-0.25, -0.2) is 4.98 Å². The number of aryl methyl sites for hydroxylation is 1. The Morgan fingerprint density at radius 3 is 2.82 bits per heavy atom. The summed E-state index contributed by atoms with van der Waals surface area (Å²) >= 11 is 1.39. The van der Waals surface area contributed by atoms with Crippen LogP contribution in [0.15, 0.2) is 29.8 Å². The SMILES string of the molecule is Cc1ncsc1C(=O)N[C@H](C)c1cccc(N2CCCC2)c1. The average Bonchev–Trinajstić information content (AvgIpc) is 3.18. The Hall–Kier alpha value is -1.88. The summed E-state index contributed by atoms with van der Waals surface area (Å²) in [6.45, 7) is 6.15. The second-order valence-corrected chi connectivity index (χ2v) is 6.61. The van der Waals surface area contributed by atoms with Crippen molar-refractivity contribution in [1.82, 2.24) is 10.3 Å². The smallest absolute Gasteiger partial charge is 0.263 e. The van der Waals surface area contributed by atoms with Gasteiger partial charge in [0.25, 0.3) is 5.91 Å². The van der Waals surface area contributed by atoms with E-state index in [2.05, 4.69) is 39.5 Å². The summed E-state index contributed by atoms with van der Waals surface area (Å²) in [5, 5.41) is 3.07. The molecule has 1 aromatic carbocycles. The molecular weight excluding hydrogens is 294 g/mol. The van der Waals surface area contributed by atoms with Crippen LogP contribution in [0.5, 0.6) is 0 Å². The molecule has 2 heterocycles. The molecule has 22 heavy (non-hydrogen) atoms.